The average Bonchev–Trinajstić information content (AvgIpc) is 2.33. The minimum atomic E-state index is -0.342. The molecule has 1 atom stereocenters. The molecule has 1 aromatic carbocycles. The van der Waals surface area contributed by atoms with Crippen LogP contribution in [0.15, 0.2) is 18.2 Å². The topological polar surface area (TPSA) is 38.3 Å². The van der Waals surface area contributed by atoms with Crippen LogP contribution in [0, 0.1) is 3.57 Å². The predicted molar refractivity (Wildman–Crippen MR) is 83.1 cm³/mol. The fourth-order valence-electron chi connectivity index (χ4n) is 1.58. The van der Waals surface area contributed by atoms with Gasteiger partial charge in [0, 0.05) is 3.57 Å². The van der Waals surface area contributed by atoms with Gasteiger partial charge in [0.15, 0.2) is 0 Å². The quantitative estimate of drug-likeness (QED) is 0.596. The second-order valence-electron chi connectivity index (χ2n) is 3.86. The maximum atomic E-state index is 11.8. The highest BCUT2D eigenvalue weighted by Crippen LogP contribution is 2.25. The average molecular weight is 382 g/mol. The van der Waals surface area contributed by atoms with E-state index in [1.54, 1.807) is 6.92 Å². The number of ether oxygens (including phenoxy) is 1. The minimum Gasteiger partial charge on any atom is -0.464 e. The maximum Gasteiger partial charge on any atom is 0.328 e. The van der Waals surface area contributed by atoms with Gasteiger partial charge in [-0.3, -0.25) is 0 Å². The van der Waals surface area contributed by atoms with E-state index in [4.69, 9.17) is 16.3 Å². The van der Waals surface area contributed by atoms with Gasteiger partial charge in [-0.1, -0.05) is 24.9 Å². The lowest BCUT2D eigenvalue weighted by Gasteiger charge is -2.18. The number of hydrogen-bond donors (Lipinski definition) is 1. The zero-order chi connectivity index (χ0) is 13.5. The number of hydrogen-bond acceptors (Lipinski definition) is 3. The van der Waals surface area contributed by atoms with Crippen LogP contribution in [0.1, 0.15) is 26.7 Å². The first-order valence-corrected chi connectivity index (χ1v) is 7.42. The standard InChI is InChI=1S/C13H17ClINO2/c1-3-5-11(13(17)18-4-2)16-12-8-9(15)6-7-10(12)14/h6-8,11,16H,3-5H2,1-2H3. The zero-order valence-electron chi connectivity index (χ0n) is 10.5. The Balaban J connectivity index is 2.82. The first-order chi connectivity index (χ1) is 8.58. The van der Waals surface area contributed by atoms with Gasteiger partial charge in [-0.05, 0) is 54.1 Å². The van der Waals surface area contributed by atoms with E-state index in [1.807, 2.05) is 25.1 Å². The lowest BCUT2D eigenvalue weighted by Crippen LogP contribution is -2.31. The second-order valence-corrected chi connectivity index (χ2v) is 5.51. The molecule has 18 heavy (non-hydrogen) atoms. The Bertz CT molecular complexity index is 412. The van der Waals surface area contributed by atoms with Gasteiger partial charge in [0.25, 0.3) is 0 Å². The molecule has 1 rings (SSSR count). The highest BCUT2D eigenvalue weighted by molar-refractivity contribution is 14.1. The Labute approximate surface area is 126 Å². The molecule has 0 saturated heterocycles. The van der Waals surface area contributed by atoms with Crippen molar-refractivity contribution >= 4 is 45.8 Å². The Morgan fingerprint density at radius 3 is 2.83 bits per heavy atom. The minimum absolute atomic E-state index is 0.228. The normalized spacial score (nSPS) is 12.0. The summed E-state index contributed by atoms with van der Waals surface area (Å²) in [7, 11) is 0. The van der Waals surface area contributed by atoms with Crippen molar-refractivity contribution in [1.29, 1.82) is 0 Å². The number of rotatable bonds is 6. The summed E-state index contributed by atoms with van der Waals surface area (Å²) in [5, 5.41) is 3.77. The van der Waals surface area contributed by atoms with Gasteiger partial charge < -0.3 is 10.1 Å². The highest BCUT2D eigenvalue weighted by Gasteiger charge is 2.19. The molecule has 1 unspecified atom stereocenters. The molecule has 0 fully saturated rings. The van der Waals surface area contributed by atoms with Crippen molar-refractivity contribution in [1.82, 2.24) is 0 Å². The van der Waals surface area contributed by atoms with Gasteiger partial charge in [0.2, 0.25) is 0 Å². The van der Waals surface area contributed by atoms with Crippen molar-refractivity contribution in [2.24, 2.45) is 0 Å². The van der Waals surface area contributed by atoms with E-state index in [1.165, 1.54) is 0 Å². The van der Waals surface area contributed by atoms with Crippen molar-refractivity contribution in [3.05, 3.63) is 26.8 Å². The highest BCUT2D eigenvalue weighted by atomic mass is 127. The van der Waals surface area contributed by atoms with Crippen LogP contribution in [0.4, 0.5) is 5.69 Å². The number of esters is 1. The number of halogens is 2. The Kier molecular flexibility index (Phi) is 6.78. The predicted octanol–water partition coefficient (Wildman–Crippen LogP) is 4.09. The maximum absolute atomic E-state index is 11.8. The number of anilines is 1. The molecular weight excluding hydrogens is 365 g/mol. The SMILES string of the molecule is CCCC(Nc1cc(I)ccc1Cl)C(=O)OCC. The number of carbonyl (C=O) groups is 1. The first-order valence-electron chi connectivity index (χ1n) is 5.96. The number of benzene rings is 1. The molecule has 0 aromatic heterocycles. The molecule has 5 heteroatoms. The van der Waals surface area contributed by atoms with Crippen LogP contribution < -0.4 is 5.32 Å². The lowest BCUT2D eigenvalue weighted by molar-refractivity contribution is -0.144. The summed E-state index contributed by atoms with van der Waals surface area (Å²) in [4.78, 5) is 11.8. The van der Waals surface area contributed by atoms with Crippen molar-refractivity contribution in [3.8, 4) is 0 Å². The monoisotopic (exact) mass is 381 g/mol. The van der Waals surface area contributed by atoms with E-state index in [0.717, 1.165) is 22.1 Å². The van der Waals surface area contributed by atoms with Crippen LogP contribution in [-0.2, 0) is 9.53 Å². The Morgan fingerprint density at radius 1 is 1.50 bits per heavy atom. The fourth-order valence-corrected chi connectivity index (χ4v) is 2.24. The molecule has 0 heterocycles. The summed E-state index contributed by atoms with van der Waals surface area (Å²) in [5.41, 5.74) is 0.773. The largest absolute Gasteiger partial charge is 0.464 e. The first kappa shape index (κ1) is 15.6. The van der Waals surface area contributed by atoms with Crippen molar-refractivity contribution < 1.29 is 9.53 Å². The number of nitrogens with one attached hydrogen (secondary N) is 1. The molecular formula is C13H17ClINO2. The molecule has 0 spiro atoms. The van der Waals surface area contributed by atoms with Crippen LogP contribution >= 0.6 is 34.2 Å². The molecule has 0 aliphatic heterocycles. The third kappa shape index (κ3) is 4.65. The van der Waals surface area contributed by atoms with Gasteiger partial charge in [-0.15, -0.1) is 0 Å². The van der Waals surface area contributed by atoms with Gasteiger partial charge in [0.1, 0.15) is 6.04 Å². The summed E-state index contributed by atoms with van der Waals surface area (Å²) in [5.74, 6) is -0.228. The Morgan fingerprint density at radius 2 is 2.22 bits per heavy atom. The summed E-state index contributed by atoms with van der Waals surface area (Å²) >= 11 is 8.31. The molecule has 0 aliphatic carbocycles. The van der Waals surface area contributed by atoms with Gasteiger partial charge in [-0.25, -0.2) is 4.79 Å². The van der Waals surface area contributed by atoms with Crippen LogP contribution in [0.3, 0.4) is 0 Å². The zero-order valence-corrected chi connectivity index (χ0v) is 13.4. The molecule has 3 nitrogen and oxygen atoms in total. The molecule has 100 valence electrons. The van der Waals surface area contributed by atoms with Crippen LogP contribution in [-0.4, -0.2) is 18.6 Å². The van der Waals surface area contributed by atoms with Crippen LogP contribution in [0.5, 0.6) is 0 Å². The van der Waals surface area contributed by atoms with E-state index < -0.39 is 0 Å². The molecule has 1 N–H and O–H groups in total. The third-order valence-corrected chi connectivity index (χ3v) is 3.41. The van der Waals surface area contributed by atoms with Crippen molar-refractivity contribution in [3.63, 3.8) is 0 Å². The van der Waals surface area contributed by atoms with Gasteiger partial charge >= 0.3 is 5.97 Å². The molecule has 0 bridgehead atoms. The van der Waals surface area contributed by atoms with E-state index in [0.29, 0.717) is 11.6 Å². The third-order valence-electron chi connectivity index (χ3n) is 2.41. The van der Waals surface area contributed by atoms with E-state index in [-0.39, 0.29) is 12.0 Å². The summed E-state index contributed by atoms with van der Waals surface area (Å²) < 4.78 is 6.12. The summed E-state index contributed by atoms with van der Waals surface area (Å²) in [6, 6.07) is 5.32. The smallest absolute Gasteiger partial charge is 0.328 e. The Hall–Kier alpha value is -0.490. The van der Waals surface area contributed by atoms with Crippen molar-refractivity contribution in [2.45, 2.75) is 32.7 Å². The van der Waals surface area contributed by atoms with E-state index in [2.05, 4.69) is 27.9 Å². The van der Waals surface area contributed by atoms with Gasteiger partial charge in [-0.2, -0.15) is 0 Å². The fraction of sp³-hybridized carbons (Fsp3) is 0.462. The lowest BCUT2D eigenvalue weighted by atomic mass is 10.1. The second kappa shape index (κ2) is 7.84. The van der Waals surface area contributed by atoms with Crippen molar-refractivity contribution in [2.75, 3.05) is 11.9 Å². The van der Waals surface area contributed by atoms with E-state index >= 15 is 0 Å². The van der Waals surface area contributed by atoms with Crippen LogP contribution in [0.25, 0.3) is 0 Å². The summed E-state index contributed by atoms with van der Waals surface area (Å²) in [6.45, 7) is 4.23. The molecule has 0 aliphatic rings. The number of carbonyl (C=O) groups excluding carboxylic acids is 1. The molecule has 0 radical (unpaired) electrons. The molecule has 0 saturated carbocycles. The van der Waals surface area contributed by atoms with Crippen LogP contribution in [0.2, 0.25) is 5.02 Å². The van der Waals surface area contributed by atoms with Gasteiger partial charge in [0.05, 0.1) is 17.3 Å². The molecule has 1 aromatic rings. The summed E-state index contributed by atoms with van der Waals surface area (Å²) in [6.07, 6.45) is 1.62. The van der Waals surface area contributed by atoms with E-state index in [9.17, 15) is 4.79 Å². The molecule has 0 amide bonds.